The van der Waals surface area contributed by atoms with Crippen molar-refractivity contribution in [3.05, 3.63) is 18.2 Å². The third-order valence-corrected chi connectivity index (χ3v) is 4.82. The van der Waals surface area contributed by atoms with Crippen molar-refractivity contribution >= 4 is 48.2 Å². The number of nitrogens with two attached hydrogens (primary N) is 2. The molecule has 16 heteroatoms. The third kappa shape index (κ3) is 9.86. The van der Waals surface area contributed by atoms with Gasteiger partial charge in [-0.15, -0.1) is 0 Å². The molecule has 10 N–H and O–H groups in total. The Morgan fingerprint density at radius 3 is 2.09 bits per heavy atom. The predicted octanol–water partition coefficient (Wildman–Crippen LogP) is -3.51. The van der Waals surface area contributed by atoms with Crippen molar-refractivity contribution in [3.8, 4) is 0 Å². The maximum absolute atomic E-state index is 12.9. The summed E-state index contributed by atoms with van der Waals surface area (Å²) in [6, 6.07) is -5.51. The fraction of sp³-hybridized carbons (Fsp3) is 0.500. The Hall–Kier alpha value is -3.66. The number of nitrogens with zero attached hydrogens (tertiary/aromatic N) is 1. The SMILES string of the molecule is NC(=O)CCC(NC(=O)C(N)CC(=O)O)C(=O)NC(Cc1cnc[nH]1)C(=O)NC(CS)C(=O)O. The first-order valence-corrected chi connectivity index (χ1v) is 10.6. The number of carbonyl (C=O) groups excluding carboxylic acids is 4. The van der Waals surface area contributed by atoms with Crippen LogP contribution >= 0.6 is 12.6 Å². The molecular formula is C18H27N7O8S. The van der Waals surface area contributed by atoms with E-state index in [1.165, 1.54) is 12.5 Å². The molecule has 1 aromatic heterocycles. The van der Waals surface area contributed by atoms with Gasteiger partial charge in [0, 0.05) is 30.5 Å². The lowest BCUT2D eigenvalue weighted by atomic mass is 10.1. The van der Waals surface area contributed by atoms with Crippen LogP contribution in [0.4, 0.5) is 0 Å². The van der Waals surface area contributed by atoms with Crippen LogP contribution in [-0.2, 0) is 35.2 Å². The van der Waals surface area contributed by atoms with Gasteiger partial charge in [0.1, 0.15) is 18.1 Å². The quantitative estimate of drug-likeness (QED) is 0.107. The van der Waals surface area contributed by atoms with Gasteiger partial charge in [-0.1, -0.05) is 0 Å². The molecule has 4 amide bonds. The molecule has 0 bridgehead atoms. The van der Waals surface area contributed by atoms with E-state index in [2.05, 4.69) is 38.5 Å². The number of thiol groups is 1. The van der Waals surface area contributed by atoms with E-state index in [4.69, 9.17) is 21.7 Å². The van der Waals surface area contributed by atoms with Crippen LogP contribution in [-0.4, -0.2) is 85.7 Å². The smallest absolute Gasteiger partial charge is 0.327 e. The molecule has 15 nitrogen and oxygen atoms in total. The number of aromatic nitrogens is 2. The van der Waals surface area contributed by atoms with E-state index < -0.39 is 66.2 Å². The number of carboxylic acid groups (broad SMARTS) is 2. The number of aromatic amines is 1. The standard InChI is InChI=1S/C18H27N7O8S/c19-9(4-14(27)28)15(29)23-10(1-2-13(20)26)16(30)24-11(3-8-5-21-7-22-8)17(31)25-12(6-34)18(32)33/h5,7,9-12,34H,1-4,6,19H2,(H2,20,26)(H,21,22)(H,23,29)(H,24,30)(H,25,31)(H,27,28)(H,32,33). The highest BCUT2D eigenvalue weighted by atomic mass is 32.1. The van der Waals surface area contributed by atoms with Gasteiger partial charge in [0.15, 0.2) is 0 Å². The first kappa shape index (κ1) is 28.4. The van der Waals surface area contributed by atoms with Crippen molar-refractivity contribution < 1.29 is 39.0 Å². The van der Waals surface area contributed by atoms with Gasteiger partial charge in [-0.2, -0.15) is 12.6 Å². The maximum atomic E-state index is 12.9. The van der Waals surface area contributed by atoms with E-state index >= 15 is 0 Å². The number of carbonyl (C=O) groups is 6. The second-order valence-corrected chi connectivity index (χ2v) is 7.56. The summed E-state index contributed by atoms with van der Waals surface area (Å²) < 4.78 is 0. The number of carboxylic acids is 2. The molecule has 1 aromatic rings. The average Bonchev–Trinajstić information content (AvgIpc) is 3.26. The Balaban J connectivity index is 3.05. The summed E-state index contributed by atoms with van der Waals surface area (Å²) in [7, 11) is 0. The van der Waals surface area contributed by atoms with Gasteiger partial charge in [0.2, 0.25) is 23.6 Å². The molecule has 0 saturated heterocycles. The van der Waals surface area contributed by atoms with E-state index in [0.717, 1.165) is 0 Å². The van der Waals surface area contributed by atoms with E-state index in [-0.39, 0.29) is 25.0 Å². The van der Waals surface area contributed by atoms with E-state index in [9.17, 15) is 28.8 Å². The van der Waals surface area contributed by atoms with Crippen molar-refractivity contribution in [2.75, 3.05) is 5.75 Å². The van der Waals surface area contributed by atoms with Crippen LogP contribution in [0.1, 0.15) is 25.0 Å². The normalized spacial score (nSPS) is 14.2. The summed E-state index contributed by atoms with van der Waals surface area (Å²) in [5.74, 6) is -6.40. The highest BCUT2D eigenvalue weighted by Crippen LogP contribution is 2.05. The summed E-state index contributed by atoms with van der Waals surface area (Å²) in [4.78, 5) is 77.6. The van der Waals surface area contributed by atoms with Crippen molar-refractivity contribution in [2.45, 2.75) is 49.9 Å². The molecule has 4 unspecified atom stereocenters. The number of hydrogen-bond acceptors (Lipinski definition) is 9. The average molecular weight is 502 g/mol. The summed E-state index contributed by atoms with van der Waals surface area (Å²) in [6.07, 6.45) is 1.31. The largest absolute Gasteiger partial charge is 0.481 e. The number of nitrogens with one attached hydrogen (secondary N) is 4. The molecule has 0 aliphatic rings. The molecule has 1 heterocycles. The van der Waals surface area contributed by atoms with Crippen LogP contribution in [0.5, 0.6) is 0 Å². The van der Waals surface area contributed by atoms with Crippen LogP contribution < -0.4 is 27.4 Å². The highest BCUT2D eigenvalue weighted by Gasteiger charge is 2.31. The van der Waals surface area contributed by atoms with E-state index in [1.807, 2.05) is 0 Å². The van der Waals surface area contributed by atoms with Gasteiger partial charge < -0.3 is 42.6 Å². The molecule has 0 aliphatic carbocycles. The minimum Gasteiger partial charge on any atom is -0.481 e. The first-order valence-electron chi connectivity index (χ1n) is 9.92. The van der Waals surface area contributed by atoms with Crippen LogP contribution in [0.3, 0.4) is 0 Å². The zero-order valence-corrected chi connectivity index (χ0v) is 18.8. The lowest BCUT2D eigenvalue weighted by Gasteiger charge is -2.24. The van der Waals surface area contributed by atoms with Gasteiger partial charge in [-0.05, 0) is 6.42 Å². The lowest BCUT2D eigenvalue weighted by molar-refractivity contribution is -0.141. The molecule has 0 aliphatic heterocycles. The number of imidazole rings is 1. The van der Waals surface area contributed by atoms with Crippen molar-refractivity contribution in [2.24, 2.45) is 11.5 Å². The Bertz CT molecular complexity index is 895. The zero-order valence-electron chi connectivity index (χ0n) is 17.9. The minimum atomic E-state index is -1.47. The van der Waals surface area contributed by atoms with Crippen molar-refractivity contribution in [1.29, 1.82) is 0 Å². The molecular weight excluding hydrogens is 474 g/mol. The third-order valence-electron chi connectivity index (χ3n) is 4.45. The Morgan fingerprint density at radius 1 is 1.00 bits per heavy atom. The van der Waals surface area contributed by atoms with Crippen LogP contribution in [0.15, 0.2) is 12.5 Å². The topological polar surface area (TPSA) is 260 Å². The molecule has 0 aromatic carbocycles. The summed E-state index contributed by atoms with van der Waals surface area (Å²) >= 11 is 3.87. The van der Waals surface area contributed by atoms with Crippen molar-refractivity contribution in [3.63, 3.8) is 0 Å². The molecule has 0 radical (unpaired) electrons. The fourth-order valence-electron chi connectivity index (χ4n) is 2.67. The Labute approximate surface area is 198 Å². The van der Waals surface area contributed by atoms with Gasteiger partial charge in [0.05, 0.1) is 18.8 Å². The molecule has 34 heavy (non-hydrogen) atoms. The number of primary amides is 1. The first-order chi connectivity index (χ1) is 15.9. The van der Waals surface area contributed by atoms with Crippen LogP contribution in [0.2, 0.25) is 0 Å². The lowest BCUT2D eigenvalue weighted by Crippen LogP contribution is -2.58. The van der Waals surface area contributed by atoms with E-state index in [0.29, 0.717) is 5.69 Å². The monoisotopic (exact) mass is 501 g/mol. The number of aliphatic carboxylic acids is 2. The van der Waals surface area contributed by atoms with Gasteiger partial charge in [-0.3, -0.25) is 24.0 Å². The number of H-pyrrole nitrogens is 1. The van der Waals surface area contributed by atoms with Gasteiger partial charge in [0.25, 0.3) is 0 Å². The second-order valence-electron chi connectivity index (χ2n) is 7.19. The molecule has 1 rings (SSSR count). The Morgan fingerprint density at radius 2 is 1.59 bits per heavy atom. The predicted molar refractivity (Wildman–Crippen MR) is 118 cm³/mol. The van der Waals surface area contributed by atoms with Gasteiger partial charge in [-0.25, -0.2) is 9.78 Å². The molecule has 0 spiro atoms. The minimum absolute atomic E-state index is 0.120. The Kier molecular flexibility index (Phi) is 11.5. The second kappa shape index (κ2) is 13.8. The highest BCUT2D eigenvalue weighted by molar-refractivity contribution is 7.80. The maximum Gasteiger partial charge on any atom is 0.327 e. The summed E-state index contributed by atoms with van der Waals surface area (Å²) in [6.45, 7) is 0. The summed E-state index contributed by atoms with van der Waals surface area (Å²) in [5, 5.41) is 24.8. The zero-order chi connectivity index (χ0) is 25.8. The summed E-state index contributed by atoms with van der Waals surface area (Å²) in [5.41, 5.74) is 11.0. The van der Waals surface area contributed by atoms with Crippen LogP contribution in [0, 0.1) is 0 Å². The van der Waals surface area contributed by atoms with E-state index in [1.54, 1.807) is 0 Å². The number of amides is 4. The molecule has 0 saturated carbocycles. The fourth-order valence-corrected chi connectivity index (χ4v) is 2.92. The van der Waals surface area contributed by atoms with Gasteiger partial charge >= 0.3 is 11.9 Å². The molecule has 4 atom stereocenters. The molecule has 0 fully saturated rings. The van der Waals surface area contributed by atoms with Crippen LogP contribution in [0.25, 0.3) is 0 Å². The van der Waals surface area contributed by atoms with Crippen molar-refractivity contribution in [1.82, 2.24) is 25.9 Å². The number of hydrogen-bond donors (Lipinski definition) is 9. The molecule has 188 valence electrons. The number of rotatable bonds is 15.